The highest BCUT2D eigenvalue weighted by molar-refractivity contribution is 7.92. The van der Waals surface area contributed by atoms with Gasteiger partial charge in [-0.05, 0) is 48.5 Å². The predicted octanol–water partition coefficient (Wildman–Crippen LogP) is 0.840. The molecule has 2 aromatic rings. The van der Waals surface area contributed by atoms with Gasteiger partial charge in [0.05, 0.1) is 9.79 Å². The van der Waals surface area contributed by atoms with Gasteiger partial charge in [-0.15, -0.1) is 0 Å². The molecule has 7 nitrogen and oxygen atoms in total. The molecule has 0 unspecified atom stereocenters. The van der Waals surface area contributed by atoms with Crippen LogP contribution in [0.5, 0.6) is 5.75 Å². The third-order valence-corrected chi connectivity index (χ3v) is 4.91. The molecule has 4 N–H and O–H groups in total. The molecular formula is C12H12N2O5S2. The van der Waals surface area contributed by atoms with Gasteiger partial charge in [0.15, 0.2) is 0 Å². The second-order valence-corrected chi connectivity index (χ2v) is 7.41. The van der Waals surface area contributed by atoms with Gasteiger partial charge in [0.2, 0.25) is 10.0 Å². The Morgan fingerprint density at radius 2 is 1.29 bits per heavy atom. The molecule has 0 aliphatic carbocycles. The fourth-order valence-electron chi connectivity index (χ4n) is 1.55. The summed E-state index contributed by atoms with van der Waals surface area (Å²) in [4.78, 5) is -0.147. The van der Waals surface area contributed by atoms with Gasteiger partial charge < -0.3 is 5.11 Å². The lowest BCUT2D eigenvalue weighted by molar-refractivity contribution is 0.475. The van der Waals surface area contributed by atoms with Crippen molar-refractivity contribution in [2.45, 2.75) is 9.79 Å². The summed E-state index contributed by atoms with van der Waals surface area (Å²) in [7, 11) is -7.65. The average molecular weight is 328 g/mol. The Balaban J connectivity index is 2.27. The molecule has 0 aliphatic rings. The summed E-state index contributed by atoms with van der Waals surface area (Å²) in [5.41, 5.74) is 0.190. The Kier molecular flexibility index (Phi) is 3.90. The van der Waals surface area contributed by atoms with Crippen molar-refractivity contribution >= 4 is 25.7 Å². The van der Waals surface area contributed by atoms with Crippen molar-refractivity contribution in [3.05, 3.63) is 48.5 Å². The topological polar surface area (TPSA) is 127 Å². The van der Waals surface area contributed by atoms with Gasteiger partial charge in [-0.2, -0.15) is 0 Å². The van der Waals surface area contributed by atoms with Crippen molar-refractivity contribution in [2.75, 3.05) is 4.72 Å². The first-order valence-electron chi connectivity index (χ1n) is 5.63. The summed E-state index contributed by atoms with van der Waals surface area (Å²) in [6.07, 6.45) is 0. The smallest absolute Gasteiger partial charge is 0.261 e. The molecule has 2 rings (SSSR count). The van der Waals surface area contributed by atoms with Gasteiger partial charge in [-0.25, -0.2) is 22.0 Å². The average Bonchev–Trinajstić information content (AvgIpc) is 2.38. The second kappa shape index (κ2) is 5.35. The van der Waals surface area contributed by atoms with E-state index in [0.717, 1.165) is 0 Å². The molecule has 0 heterocycles. The Labute approximate surface area is 122 Å². The van der Waals surface area contributed by atoms with Crippen molar-refractivity contribution in [3.63, 3.8) is 0 Å². The molecule has 0 bridgehead atoms. The summed E-state index contributed by atoms with van der Waals surface area (Å²) in [5.74, 6) is -0.0496. The molecular weight excluding hydrogens is 316 g/mol. The van der Waals surface area contributed by atoms with Crippen molar-refractivity contribution < 1.29 is 21.9 Å². The number of rotatable bonds is 4. The Hall–Kier alpha value is -2.10. The maximum Gasteiger partial charge on any atom is 0.261 e. The molecule has 0 aliphatic heterocycles. The molecule has 112 valence electrons. The lowest BCUT2D eigenvalue weighted by Crippen LogP contribution is -2.14. The summed E-state index contributed by atoms with van der Waals surface area (Å²) in [6.45, 7) is 0. The van der Waals surface area contributed by atoms with Crippen LogP contribution in [0.2, 0.25) is 0 Å². The molecule has 9 heteroatoms. The molecule has 2 aromatic carbocycles. The van der Waals surface area contributed by atoms with E-state index in [1.807, 2.05) is 0 Å². The first-order valence-corrected chi connectivity index (χ1v) is 8.66. The van der Waals surface area contributed by atoms with E-state index >= 15 is 0 Å². The van der Waals surface area contributed by atoms with Crippen LogP contribution in [0.4, 0.5) is 5.69 Å². The van der Waals surface area contributed by atoms with Gasteiger partial charge in [-0.1, -0.05) is 0 Å². The van der Waals surface area contributed by atoms with Crippen LogP contribution in [-0.2, 0) is 20.0 Å². The molecule has 21 heavy (non-hydrogen) atoms. The number of hydrogen-bond donors (Lipinski definition) is 3. The fraction of sp³-hybridized carbons (Fsp3) is 0. The van der Waals surface area contributed by atoms with E-state index in [1.54, 1.807) is 0 Å². The number of sulfonamides is 2. The van der Waals surface area contributed by atoms with E-state index in [2.05, 4.69) is 4.72 Å². The number of nitrogens with two attached hydrogens (primary N) is 1. The van der Waals surface area contributed by atoms with Crippen molar-refractivity contribution in [3.8, 4) is 5.75 Å². The molecule has 0 atom stereocenters. The number of benzene rings is 2. The lowest BCUT2D eigenvalue weighted by Gasteiger charge is -2.08. The zero-order valence-corrected chi connectivity index (χ0v) is 12.2. The first kappa shape index (κ1) is 15.3. The van der Waals surface area contributed by atoms with Crippen molar-refractivity contribution in [1.82, 2.24) is 0 Å². The molecule has 0 saturated heterocycles. The number of hydrogen-bond acceptors (Lipinski definition) is 5. The third kappa shape index (κ3) is 3.72. The second-order valence-electron chi connectivity index (χ2n) is 4.17. The minimum absolute atomic E-state index is 0.0316. The van der Waals surface area contributed by atoms with E-state index in [0.29, 0.717) is 0 Å². The predicted molar refractivity (Wildman–Crippen MR) is 76.7 cm³/mol. The number of aromatic hydroxyl groups is 1. The molecule has 0 aromatic heterocycles. The Morgan fingerprint density at radius 1 is 0.810 bits per heavy atom. The van der Waals surface area contributed by atoms with Gasteiger partial charge in [0.1, 0.15) is 5.75 Å². The van der Waals surface area contributed by atoms with E-state index in [9.17, 15) is 16.8 Å². The summed E-state index contributed by atoms with van der Waals surface area (Å²) >= 11 is 0. The van der Waals surface area contributed by atoms with E-state index in [4.69, 9.17) is 10.2 Å². The lowest BCUT2D eigenvalue weighted by atomic mass is 10.3. The van der Waals surface area contributed by atoms with Crippen LogP contribution in [0, 0.1) is 0 Å². The standard InChI is InChI=1S/C12H12N2O5S2/c13-20(16,17)11-5-1-9(2-6-11)14-21(18,19)12-7-3-10(15)4-8-12/h1-8,14-15H,(H2,13,16,17). The quantitative estimate of drug-likeness (QED) is 0.766. The van der Waals surface area contributed by atoms with Crippen LogP contribution >= 0.6 is 0 Å². The SMILES string of the molecule is NS(=O)(=O)c1ccc(NS(=O)(=O)c2ccc(O)cc2)cc1. The highest BCUT2D eigenvalue weighted by Crippen LogP contribution is 2.19. The van der Waals surface area contributed by atoms with E-state index in [1.165, 1.54) is 48.5 Å². The minimum Gasteiger partial charge on any atom is -0.508 e. The summed E-state index contributed by atoms with van der Waals surface area (Å²) in [6, 6.07) is 9.97. The maximum absolute atomic E-state index is 12.1. The van der Waals surface area contributed by atoms with E-state index in [-0.39, 0.29) is 21.2 Å². The molecule has 0 saturated carbocycles. The van der Waals surface area contributed by atoms with Gasteiger partial charge in [-0.3, -0.25) is 4.72 Å². The normalized spacial score (nSPS) is 12.0. The number of primary sulfonamides is 1. The number of phenolic OH excluding ortho intramolecular Hbond substituents is 1. The molecule has 0 radical (unpaired) electrons. The molecule has 0 amide bonds. The monoisotopic (exact) mass is 328 g/mol. The Bertz CT molecular complexity index is 842. The molecule has 0 spiro atoms. The van der Waals surface area contributed by atoms with Crippen LogP contribution < -0.4 is 9.86 Å². The summed E-state index contributed by atoms with van der Waals surface area (Å²) < 4.78 is 48.6. The maximum atomic E-state index is 12.1. The fourth-order valence-corrected chi connectivity index (χ4v) is 3.13. The van der Waals surface area contributed by atoms with Gasteiger partial charge in [0.25, 0.3) is 10.0 Å². The number of phenols is 1. The largest absolute Gasteiger partial charge is 0.508 e. The summed E-state index contributed by atoms with van der Waals surface area (Å²) in [5, 5.41) is 14.1. The van der Waals surface area contributed by atoms with Gasteiger partial charge >= 0.3 is 0 Å². The minimum atomic E-state index is -3.83. The third-order valence-electron chi connectivity index (χ3n) is 2.58. The van der Waals surface area contributed by atoms with Crippen LogP contribution in [0.1, 0.15) is 0 Å². The first-order chi connectivity index (χ1) is 9.68. The van der Waals surface area contributed by atoms with Crippen molar-refractivity contribution in [2.24, 2.45) is 5.14 Å². The van der Waals surface area contributed by atoms with Crippen LogP contribution in [0.25, 0.3) is 0 Å². The van der Waals surface area contributed by atoms with Crippen LogP contribution in [-0.4, -0.2) is 21.9 Å². The highest BCUT2D eigenvalue weighted by Gasteiger charge is 2.14. The van der Waals surface area contributed by atoms with Crippen molar-refractivity contribution in [1.29, 1.82) is 0 Å². The van der Waals surface area contributed by atoms with Gasteiger partial charge in [0, 0.05) is 5.69 Å². The molecule has 0 fully saturated rings. The Morgan fingerprint density at radius 3 is 1.76 bits per heavy atom. The van der Waals surface area contributed by atoms with Crippen LogP contribution in [0.15, 0.2) is 58.3 Å². The highest BCUT2D eigenvalue weighted by atomic mass is 32.2. The zero-order chi connectivity index (χ0) is 15.7. The zero-order valence-electron chi connectivity index (χ0n) is 10.6. The van der Waals surface area contributed by atoms with E-state index < -0.39 is 20.0 Å². The number of nitrogens with one attached hydrogen (secondary N) is 1. The van der Waals surface area contributed by atoms with Crippen LogP contribution in [0.3, 0.4) is 0 Å². The number of anilines is 1.